The minimum Gasteiger partial charge on any atom is -0.493 e. The molecule has 0 fully saturated rings. The maximum absolute atomic E-state index is 14.2. The standard InChI is InChI=1S/C15H13Cl2FN2O2.C14H9Cl2F3N2O2.C14H11Cl2FN2O3.C14H11Cl2FN2O2.C14H11ClF2N2O2.C13H9Cl2FN2O3.C13H9Cl2FN2O2/c1-3-7-8(4-5-9(16)13(7)18)11-6-10(19)12(17)14(20-11)15(21)22-2;1-23-14(22)12-10(16)7(20)4-8(21-12)5-2-3-6(15)11(17)9(5)13(18)19;1-21-13-6(3-4-7(15)11(13)17)9-5-8(18)10(16)12(19-9)14(20)22-2;1-2-6-7(3-4-8(15)12(6)17)10-5-9(18)11(16)13(19-10)14(20)21;1-5-3-4-7(6(2)9(5)16)12-10(17)11(18)8(15)13(19-12)14(20)21;1-21-12-5(2-3-6(14)10(12)16)8-4-7(17)9(15)11(18-8)13(19)20;1-5-6(2-3-7(14)11(5)16)9-4-8(17)10(15)12(18-9)13(19)20/h4-6H,3H2,1-2H3,(H2,19,20);2-4,13H,1H3,(H2,20,21);3-5H,1-2H3,(H2,18,19);3-5H,2H2,1H3,(H2,18,19)(H,20,21);3-4H,1-2H3,(H2,18,19)(H,20,21);2-4H,1H3,(H2,17,18)(H,19,20);2-4H,1H3,(H2,17,18)(H,19,20). The molecule has 14 rings (SSSR count). The molecule has 0 aliphatic carbocycles. The van der Waals surface area contributed by atoms with Crippen molar-refractivity contribution in [3.05, 3.63) is 306 Å². The van der Waals surface area contributed by atoms with Gasteiger partial charge in [0, 0.05) is 38.9 Å². The van der Waals surface area contributed by atoms with Gasteiger partial charge in [0.25, 0.3) is 6.43 Å². The summed E-state index contributed by atoms with van der Waals surface area (Å²) >= 11 is 75.0. The van der Waals surface area contributed by atoms with Gasteiger partial charge in [-0.2, -0.15) is 0 Å². The molecule has 0 aliphatic rings. The van der Waals surface area contributed by atoms with Crippen LogP contribution in [0.25, 0.3) is 78.8 Å². The number of hydrogen-bond acceptors (Lipinski definition) is 26. The number of halogens is 23. The molecule has 0 radical (unpaired) electrons. The van der Waals surface area contributed by atoms with Gasteiger partial charge < -0.3 is 84.2 Å². The Morgan fingerprint density at radius 1 is 0.300 bits per heavy atom. The number of hydrogen-bond donors (Lipinski definition) is 11. The number of carbonyl (C=O) groups excluding carboxylic acids is 3. The number of nitrogen functional groups attached to an aromatic ring is 7. The van der Waals surface area contributed by atoms with Crippen molar-refractivity contribution in [3.63, 3.8) is 0 Å². The molecule has 0 spiro atoms. The predicted octanol–water partition coefficient (Wildman–Crippen LogP) is 27.1. The summed E-state index contributed by atoms with van der Waals surface area (Å²) in [7, 11) is 6.04. The van der Waals surface area contributed by atoms with E-state index in [1.165, 1.54) is 127 Å². The monoisotopic (exact) mass is 2330 g/mol. The fourth-order valence-electron chi connectivity index (χ4n) is 13.4. The third-order valence-corrected chi connectivity index (χ3v) is 25.3. The summed E-state index contributed by atoms with van der Waals surface area (Å²) in [6.45, 7) is 8.08. The van der Waals surface area contributed by atoms with E-state index >= 15 is 0 Å². The van der Waals surface area contributed by atoms with Crippen LogP contribution in [0.4, 0.5) is 83.7 Å². The van der Waals surface area contributed by atoms with Gasteiger partial charge in [-0.3, -0.25) is 0 Å². The number of nitrogens with two attached hydrogens (primary N) is 7. The van der Waals surface area contributed by atoms with Gasteiger partial charge in [-0.05, 0) is 146 Å². The molecule has 0 amide bonds. The fourth-order valence-corrected chi connectivity index (χ4v) is 15.6. The van der Waals surface area contributed by atoms with Gasteiger partial charge in [0.15, 0.2) is 74.6 Å². The van der Waals surface area contributed by atoms with Gasteiger partial charge >= 0.3 is 41.8 Å². The Morgan fingerprint density at radius 2 is 0.547 bits per heavy atom. The van der Waals surface area contributed by atoms with Crippen molar-refractivity contribution in [2.24, 2.45) is 0 Å². The first-order valence-corrected chi connectivity index (χ1v) is 46.4. The third-order valence-electron chi connectivity index (χ3n) is 20.8. The van der Waals surface area contributed by atoms with E-state index in [1.807, 2.05) is 0 Å². The molecule has 30 nitrogen and oxygen atoms in total. The number of carboxylic acid groups (broad SMARTS) is 4. The quantitative estimate of drug-likeness (QED) is 0.0203. The first-order chi connectivity index (χ1) is 70.4. The Kier molecular flexibility index (Phi) is 42.5. The number of esters is 3. The summed E-state index contributed by atoms with van der Waals surface area (Å²) in [5.41, 5.74) is 40.0. The summed E-state index contributed by atoms with van der Waals surface area (Å²) in [5, 5.41) is 34.3. The number of aromatic carboxylic acids is 4. The maximum Gasteiger partial charge on any atom is 0.358 e. The number of aryl methyl sites for hydroxylation is 1. The zero-order chi connectivity index (χ0) is 113. The lowest BCUT2D eigenvalue weighted by Crippen LogP contribution is -2.09. The Balaban J connectivity index is 0.000000213. The Hall–Kier alpha value is -13.9. The first-order valence-electron chi connectivity index (χ1n) is 41.4. The van der Waals surface area contributed by atoms with E-state index in [1.54, 1.807) is 39.0 Å². The van der Waals surface area contributed by atoms with Gasteiger partial charge in [-0.25, -0.2) is 112 Å². The minimum atomic E-state index is -3.15. The second-order valence-corrected chi connectivity index (χ2v) is 35.1. The summed E-state index contributed by atoms with van der Waals surface area (Å²) < 4.78 is 162. The normalized spacial score (nSPS) is 10.6. The van der Waals surface area contributed by atoms with Crippen LogP contribution in [0, 0.1) is 67.3 Å². The molecule has 788 valence electrons. The summed E-state index contributed by atoms with van der Waals surface area (Å²) in [5.74, 6) is -14.0. The minimum absolute atomic E-state index is 0.00286. The van der Waals surface area contributed by atoms with E-state index in [0.717, 1.165) is 25.3 Å². The molecule has 7 heterocycles. The zero-order valence-electron chi connectivity index (χ0n) is 78.1. The number of nitrogens with zero attached hydrogens (tertiary/aromatic N) is 7. The highest BCUT2D eigenvalue weighted by molar-refractivity contribution is 6.40. The van der Waals surface area contributed by atoms with Gasteiger partial charge in [0.2, 0.25) is 0 Å². The SMILES string of the molecule is CCc1c(-c2cc(N)c(Cl)c(C(=O)O)n2)ccc(Cl)c1F.CCc1c(-c2cc(N)c(Cl)c(C(=O)OC)n2)ccc(Cl)c1F.COC(=O)c1nc(-c2ccc(Cl)c(F)c2C(F)F)cc(N)c1Cl.COC(=O)c1nc(-c2ccc(Cl)c(F)c2OC)cc(N)c1Cl.COc1c(-c2cc(N)c(Cl)c(C(=O)O)n2)ccc(Cl)c1F.Cc1c(-c2cc(N)c(Cl)c(C(=O)O)n2)ccc(Cl)c1F.Cc1ccc(-c2nc(C(=O)O)c(Cl)c(N)c2F)c(C)c1F. The van der Waals surface area contributed by atoms with Crippen LogP contribution in [0.2, 0.25) is 65.3 Å². The smallest absolute Gasteiger partial charge is 0.358 e. The van der Waals surface area contributed by atoms with Gasteiger partial charge in [0.05, 0.1) is 180 Å². The lowest BCUT2D eigenvalue weighted by atomic mass is 10.0. The van der Waals surface area contributed by atoms with E-state index < -0.39 is 127 Å². The van der Waals surface area contributed by atoms with Crippen LogP contribution in [-0.4, -0.2) is 133 Å². The molecule has 0 saturated heterocycles. The van der Waals surface area contributed by atoms with Crippen LogP contribution < -0.4 is 49.6 Å². The van der Waals surface area contributed by atoms with Crippen LogP contribution >= 0.6 is 151 Å². The number of carboxylic acids is 4. The van der Waals surface area contributed by atoms with Crippen molar-refractivity contribution in [2.75, 3.05) is 75.7 Å². The second kappa shape index (κ2) is 52.5. The van der Waals surface area contributed by atoms with Crippen molar-refractivity contribution in [1.29, 1.82) is 0 Å². The number of anilines is 7. The number of pyridine rings is 7. The molecule has 0 unspecified atom stereocenters. The zero-order valence-corrected chi connectivity index (χ0v) is 87.9. The van der Waals surface area contributed by atoms with Crippen LogP contribution in [0.1, 0.15) is 127 Å². The van der Waals surface area contributed by atoms with Gasteiger partial charge in [-0.15, -0.1) is 0 Å². The van der Waals surface area contributed by atoms with Crippen LogP contribution in [-0.2, 0) is 27.1 Å². The predicted molar refractivity (Wildman–Crippen MR) is 556 cm³/mol. The molecular formula is C97H73Cl13F10N14O16. The third kappa shape index (κ3) is 27.3. The molecule has 0 atom stereocenters. The molecular weight excluding hydrogens is 2270 g/mol. The molecule has 14 aromatic rings. The van der Waals surface area contributed by atoms with E-state index in [9.17, 15) is 77.5 Å². The van der Waals surface area contributed by atoms with Crippen molar-refractivity contribution in [1.82, 2.24) is 34.9 Å². The molecule has 0 saturated carbocycles. The number of carbonyl (C=O) groups is 7. The summed E-state index contributed by atoms with van der Waals surface area (Å²) in [6, 6.07) is 27.9. The molecule has 150 heavy (non-hydrogen) atoms. The van der Waals surface area contributed by atoms with Crippen molar-refractivity contribution in [2.45, 2.75) is 53.9 Å². The average Bonchev–Trinajstić information content (AvgIpc) is 0.769. The van der Waals surface area contributed by atoms with Crippen molar-refractivity contribution in [3.8, 4) is 90.3 Å². The van der Waals surface area contributed by atoms with Gasteiger partial charge in [0.1, 0.15) is 29.0 Å². The number of alkyl halides is 2. The number of rotatable bonds is 19. The van der Waals surface area contributed by atoms with Crippen LogP contribution in [0.15, 0.2) is 121 Å². The van der Waals surface area contributed by atoms with Crippen LogP contribution in [0.5, 0.6) is 11.5 Å². The number of methoxy groups -OCH3 is 5. The molecule has 0 bridgehead atoms. The highest BCUT2D eigenvalue weighted by Gasteiger charge is 2.32. The second-order valence-electron chi connectivity index (χ2n) is 30.0. The molecule has 7 aromatic heterocycles. The summed E-state index contributed by atoms with van der Waals surface area (Å²) in [6.07, 6.45) is -2.38. The molecule has 53 heteroatoms. The Labute approximate surface area is 908 Å². The summed E-state index contributed by atoms with van der Waals surface area (Å²) in [4.78, 5) is 107. The lowest BCUT2D eigenvalue weighted by Gasteiger charge is -2.13. The molecule has 7 aromatic carbocycles. The largest absolute Gasteiger partial charge is 0.493 e. The van der Waals surface area contributed by atoms with E-state index in [2.05, 4.69) is 49.1 Å². The number of aromatic nitrogens is 7. The van der Waals surface area contributed by atoms with E-state index in [0.29, 0.717) is 51.9 Å². The molecule has 18 N–H and O–H groups in total. The van der Waals surface area contributed by atoms with Crippen LogP contribution in [0.3, 0.4) is 0 Å². The number of ether oxygens (including phenoxy) is 5. The first kappa shape index (κ1) is 121. The highest BCUT2D eigenvalue weighted by atomic mass is 35.5. The molecule has 0 aliphatic heterocycles. The van der Waals surface area contributed by atoms with E-state index in [-0.39, 0.29) is 197 Å². The van der Waals surface area contributed by atoms with Gasteiger partial charge in [-0.1, -0.05) is 201 Å². The lowest BCUT2D eigenvalue weighted by molar-refractivity contribution is 0.0585. The van der Waals surface area contributed by atoms with Crippen molar-refractivity contribution < 1.29 is 122 Å². The maximum atomic E-state index is 14.2. The van der Waals surface area contributed by atoms with Crippen molar-refractivity contribution >= 4 is 232 Å². The highest BCUT2D eigenvalue weighted by Crippen LogP contribution is 2.45. The average molecular weight is 2340 g/mol. The fraction of sp³-hybridized carbons (Fsp3) is 0.134. The number of benzene rings is 7. The topological polar surface area (TPSA) is 519 Å². The van der Waals surface area contributed by atoms with E-state index in [4.69, 9.17) is 221 Å². The Morgan fingerprint density at radius 3 is 0.853 bits per heavy atom. The Bertz CT molecular complexity index is 7480.